The molecule has 12 heteroatoms. The van der Waals surface area contributed by atoms with Crippen molar-refractivity contribution in [2.24, 2.45) is 0 Å². The van der Waals surface area contributed by atoms with Crippen molar-refractivity contribution in [3.63, 3.8) is 0 Å². The number of nitrogens with one attached hydrogen (secondary N) is 3. The van der Waals surface area contributed by atoms with Crippen molar-refractivity contribution in [2.45, 2.75) is 19.8 Å². The number of piperazine rings is 1. The van der Waals surface area contributed by atoms with Gasteiger partial charge in [0, 0.05) is 50.6 Å². The SMILES string of the molecule is CCCC(=O)Nc1cncc(-c2ncc3[nH]nc(-c4nc5c(N6CCN(C)CC6)nccc5[nH]4)c3c2F)c1. The van der Waals surface area contributed by atoms with E-state index in [2.05, 4.69) is 52.3 Å². The summed E-state index contributed by atoms with van der Waals surface area (Å²) in [5.41, 5.74) is 3.34. The molecule has 0 unspecified atom stereocenters. The molecule has 38 heavy (non-hydrogen) atoms. The number of anilines is 2. The van der Waals surface area contributed by atoms with Crippen molar-refractivity contribution in [3.8, 4) is 22.8 Å². The third-order valence-electron chi connectivity index (χ3n) is 6.73. The fourth-order valence-electron chi connectivity index (χ4n) is 4.72. The third kappa shape index (κ3) is 4.32. The van der Waals surface area contributed by atoms with Gasteiger partial charge in [0.2, 0.25) is 5.91 Å². The number of rotatable bonds is 6. The van der Waals surface area contributed by atoms with E-state index in [1.165, 1.54) is 18.6 Å². The molecule has 0 spiro atoms. The Balaban J connectivity index is 1.39. The Bertz CT molecular complexity index is 1640. The molecular weight excluding hydrogens is 487 g/mol. The van der Waals surface area contributed by atoms with Gasteiger partial charge < -0.3 is 20.1 Å². The maximum atomic E-state index is 16.0. The summed E-state index contributed by atoms with van der Waals surface area (Å²) in [5, 5.41) is 10.3. The first-order valence-corrected chi connectivity index (χ1v) is 12.6. The summed E-state index contributed by atoms with van der Waals surface area (Å²) in [4.78, 5) is 37.7. The first-order valence-electron chi connectivity index (χ1n) is 12.6. The van der Waals surface area contributed by atoms with E-state index in [1.54, 1.807) is 12.3 Å². The van der Waals surface area contributed by atoms with E-state index in [4.69, 9.17) is 4.98 Å². The van der Waals surface area contributed by atoms with Crippen LogP contribution in [0, 0.1) is 5.82 Å². The minimum Gasteiger partial charge on any atom is -0.352 e. The van der Waals surface area contributed by atoms with Gasteiger partial charge in [-0.25, -0.2) is 14.4 Å². The summed E-state index contributed by atoms with van der Waals surface area (Å²) in [6.45, 7) is 5.52. The van der Waals surface area contributed by atoms with Crippen LogP contribution in [0.4, 0.5) is 15.9 Å². The van der Waals surface area contributed by atoms with Crippen molar-refractivity contribution in [1.29, 1.82) is 0 Å². The number of fused-ring (bicyclic) bond motifs is 2. The molecule has 0 aromatic carbocycles. The van der Waals surface area contributed by atoms with Crippen LogP contribution in [0.3, 0.4) is 0 Å². The van der Waals surface area contributed by atoms with Gasteiger partial charge >= 0.3 is 0 Å². The molecule has 1 aliphatic rings. The molecule has 6 rings (SSSR count). The monoisotopic (exact) mass is 514 g/mol. The summed E-state index contributed by atoms with van der Waals surface area (Å²) in [5.74, 6) is 0.559. The molecule has 1 saturated heterocycles. The highest BCUT2D eigenvalue weighted by molar-refractivity contribution is 5.97. The zero-order valence-corrected chi connectivity index (χ0v) is 21.1. The number of hydrogen-bond acceptors (Lipinski definition) is 8. The second kappa shape index (κ2) is 9.78. The van der Waals surface area contributed by atoms with E-state index in [1.807, 2.05) is 13.0 Å². The van der Waals surface area contributed by atoms with Gasteiger partial charge in [-0.2, -0.15) is 5.10 Å². The Labute approximate surface area is 217 Å². The number of H-pyrrole nitrogens is 2. The van der Waals surface area contributed by atoms with Gasteiger partial charge in [0.05, 0.1) is 34.5 Å². The zero-order chi connectivity index (χ0) is 26.2. The number of carbonyl (C=O) groups excluding carboxylic acids is 1. The Hall–Kier alpha value is -4.45. The van der Waals surface area contributed by atoms with Crippen LogP contribution in [0.2, 0.25) is 0 Å². The Morgan fingerprint density at radius 3 is 2.76 bits per heavy atom. The second-order valence-electron chi connectivity index (χ2n) is 9.45. The van der Waals surface area contributed by atoms with Crippen LogP contribution in [0.25, 0.3) is 44.7 Å². The van der Waals surface area contributed by atoms with E-state index in [0.717, 1.165) is 49.5 Å². The summed E-state index contributed by atoms with van der Waals surface area (Å²) in [6.07, 6.45) is 7.45. The van der Waals surface area contributed by atoms with Crippen LogP contribution in [-0.4, -0.2) is 79.2 Å². The van der Waals surface area contributed by atoms with Crippen molar-refractivity contribution in [2.75, 3.05) is 43.4 Å². The number of aromatic amines is 2. The van der Waals surface area contributed by atoms with Crippen LogP contribution in [0.1, 0.15) is 19.8 Å². The smallest absolute Gasteiger partial charge is 0.224 e. The molecule has 11 nitrogen and oxygen atoms in total. The molecule has 1 aliphatic heterocycles. The molecule has 6 heterocycles. The molecule has 0 aliphatic carbocycles. The van der Waals surface area contributed by atoms with Crippen LogP contribution in [-0.2, 0) is 4.79 Å². The first-order chi connectivity index (χ1) is 18.5. The van der Waals surface area contributed by atoms with Gasteiger partial charge in [0.25, 0.3) is 0 Å². The van der Waals surface area contributed by atoms with E-state index in [9.17, 15) is 4.79 Å². The number of hydrogen-bond donors (Lipinski definition) is 3. The molecular formula is C26H27FN10O. The standard InChI is InChI=1S/C26H27FN10O/c1-3-4-19(38)31-16-11-15(12-28-13-16)22-21(27)20-18(14-30-22)34-35-24(20)25-32-17-5-6-29-26(23(17)33-25)37-9-7-36(2)8-10-37/h5-6,11-14H,3-4,7-10H2,1-2H3,(H,31,38)(H,32,33)(H,34,35). The van der Waals surface area contributed by atoms with Gasteiger partial charge in [-0.15, -0.1) is 0 Å². The molecule has 0 radical (unpaired) electrons. The predicted molar refractivity (Wildman–Crippen MR) is 143 cm³/mol. The predicted octanol–water partition coefficient (Wildman–Crippen LogP) is 3.59. The van der Waals surface area contributed by atoms with Gasteiger partial charge in [0.1, 0.15) is 16.9 Å². The van der Waals surface area contributed by atoms with Crippen molar-refractivity contribution in [1.82, 2.24) is 40.0 Å². The number of carbonyl (C=O) groups is 1. The zero-order valence-electron chi connectivity index (χ0n) is 21.1. The molecule has 0 saturated carbocycles. The maximum Gasteiger partial charge on any atom is 0.224 e. The van der Waals surface area contributed by atoms with Crippen LogP contribution in [0.5, 0.6) is 0 Å². The highest BCUT2D eigenvalue weighted by atomic mass is 19.1. The maximum absolute atomic E-state index is 16.0. The number of pyridine rings is 3. The highest BCUT2D eigenvalue weighted by Gasteiger charge is 2.23. The quantitative estimate of drug-likeness (QED) is 0.313. The summed E-state index contributed by atoms with van der Waals surface area (Å²) >= 11 is 0. The largest absolute Gasteiger partial charge is 0.352 e. The molecule has 3 N–H and O–H groups in total. The van der Waals surface area contributed by atoms with Crippen molar-refractivity contribution >= 4 is 39.3 Å². The average molecular weight is 515 g/mol. The lowest BCUT2D eigenvalue weighted by atomic mass is 10.1. The minimum atomic E-state index is -0.553. The van der Waals surface area contributed by atoms with E-state index in [-0.39, 0.29) is 17.0 Å². The van der Waals surface area contributed by atoms with Gasteiger partial charge in [-0.3, -0.25) is 19.9 Å². The van der Waals surface area contributed by atoms with E-state index in [0.29, 0.717) is 34.7 Å². The lowest BCUT2D eigenvalue weighted by Crippen LogP contribution is -2.44. The molecule has 1 amide bonds. The van der Waals surface area contributed by atoms with Crippen LogP contribution in [0.15, 0.2) is 36.9 Å². The molecule has 0 atom stereocenters. The molecule has 0 bridgehead atoms. The fourth-order valence-corrected chi connectivity index (χ4v) is 4.72. The van der Waals surface area contributed by atoms with Crippen LogP contribution >= 0.6 is 0 Å². The lowest BCUT2D eigenvalue weighted by Gasteiger charge is -2.33. The number of aromatic nitrogens is 7. The second-order valence-corrected chi connectivity index (χ2v) is 9.45. The number of nitrogens with zero attached hydrogens (tertiary/aromatic N) is 7. The Morgan fingerprint density at radius 1 is 1.11 bits per heavy atom. The Kier molecular flexibility index (Phi) is 6.16. The molecule has 194 valence electrons. The molecule has 5 aromatic heterocycles. The summed E-state index contributed by atoms with van der Waals surface area (Å²) in [6, 6.07) is 3.51. The third-order valence-corrected chi connectivity index (χ3v) is 6.73. The van der Waals surface area contributed by atoms with Gasteiger partial charge in [-0.1, -0.05) is 6.92 Å². The average Bonchev–Trinajstić information content (AvgIpc) is 3.54. The van der Waals surface area contributed by atoms with Crippen molar-refractivity contribution < 1.29 is 9.18 Å². The summed E-state index contributed by atoms with van der Waals surface area (Å²) in [7, 11) is 2.10. The fraction of sp³-hybridized carbons (Fsp3) is 0.308. The first kappa shape index (κ1) is 23.9. The lowest BCUT2D eigenvalue weighted by molar-refractivity contribution is -0.116. The number of amides is 1. The normalized spacial score (nSPS) is 14.4. The number of halogens is 1. The van der Waals surface area contributed by atoms with Gasteiger partial charge in [-0.05, 0) is 25.6 Å². The highest BCUT2D eigenvalue weighted by Crippen LogP contribution is 2.34. The molecule has 1 fully saturated rings. The van der Waals surface area contributed by atoms with Gasteiger partial charge in [0.15, 0.2) is 17.5 Å². The van der Waals surface area contributed by atoms with Crippen molar-refractivity contribution in [3.05, 3.63) is 42.7 Å². The number of likely N-dealkylation sites (N-methyl/N-ethyl adjacent to an activating group) is 1. The van der Waals surface area contributed by atoms with E-state index >= 15 is 4.39 Å². The van der Waals surface area contributed by atoms with Crippen LogP contribution < -0.4 is 10.2 Å². The topological polar surface area (TPSA) is 132 Å². The minimum absolute atomic E-state index is 0.107. The number of imidazole rings is 1. The molecule has 5 aromatic rings. The Morgan fingerprint density at radius 2 is 1.95 bits per heavy atom. The summed E-state index contributed by atoms with van der Waals surface area (Å²) < 4.78 is 16.0. The van der Waals surface area contributed by atoms with E-state index < -0.39 is 5.82 Å².